The van der Waals surface area contributed by atoms with Crippen LogP contribution in [0.25, 0.3) is 0 Å². The van der Waals surface area contributed by atoms with Crippen molar-refractivity contribution >= 4 is 90.9 Å². The monoisotopic (exact) mass is 804 g/mol. The lowest BCUT2D eigenvalue weighted by molar-refractivity contribution is -0.138. The molecule has 2 aromatic rings. The number of carboxylic acid groups (broad SMARTS) is 1. The van der Waals surface area contributed by atoms with E-state index in [9.17, 15) is 9.90 Å². The molecule has 4 heterocycles. The Morgan fingerprint density at radius 3 is 2.48 bits per heavy atom. The van der Waals surface area contributed by atoms with Gasteiger partial charge in [-0.2, -0.15) is 0 Å². The van der Waals surface area contributed by atoms with Gasteiger partial charge >= 0.3 is 5.97 Å². The number of aliphatic carboxylic acids is 1. The number of aryl methyl sites for hydroxylation is 1. The molecule has 44 heavy (non-hydrogen) atoms. The topological polar surface area (TPSA) is 68.2 Å². The van der Waals surface area contributed by atoms with Crippen LogP contribution in [0, 0.1) is 18.8 Å². The lowest BCUT2D eigenvalue weighted by Gasteiger charge is -2.40. The van der Waals surface area contributed by atoms with Crippen LogP contribution in [0.5, 0.6) is 0 Å². The molecule has 3 aliphatic heterocycles. The summed E-state index contributed by atoms with van der Waals surface area (Å²) < 4.78 is 8.83. The number of nitrogens with zero attached hydrogens (tertiary/aromatic N) is 3. The summed E-state index contributed by atoms with van der Waals surface area (Å²) in [6, 6.07) is 9.57. The molecule has 2 saturated heterocycles. The van der Waals surface area contributed by atoms with Crippen molar-refractivity contribution in [1.29, 1.82) is 0 Å². The van der Waals surface area contributed by atoms with Crippen LogP contribution in [-0.4, -0.2) is 75.0 Å². The zero-order chi connectivity index (χ0) is 31.1. The van der Waals surface area contributed by atoms with Crippen LogP contribution in [0.2, 0.25) is 4.34 Å². The van der Waals surface area contributed by atoms with E-state index in [0.717, 1.165) is 51.3 Å². The Labute approximate surface area is 297 Å². The van der Waals surface area contributed by atoms with Gasteiger partial charge in [0.25, 0.3) is 0 Å². The van der Waals surface area contributed by atoms with Gasteiger partial charge in [-0.1, -0.05) is 88.6 Å². The number of thiophene rings is 1. The SMILES string of the molecule is Cc1cccc(CC(NSC2C=NC(N3CCC(CCCC4CCN(Sc5cc(Br)c(Cl)s5)CC4)CC3)C(Br)C2)C(=O)O)c1. The Kier molecular flexibility index (Phi) is 13.9. The van der Waals surface area contributed by atoms with Gasteiger partial charge in [0, 0.05) is 36.9 Å². The van der Waals surface area contributed by atoms with Crippen LogP contribution in [0.4, 0.5) is 0 Å². The Morgan fingerprint density at radius 1 is 1.16 bits per heavy atom. The van der Waals surface area contributed by atoms with E-state index in [1.54, 1.807) is 11.3 Å². The number of carboxylic acids is 1. The molecule has 6 nitrogen and oxygen atoms in total. The van der Waals surface area contributed by atoms with E-state index >= 15 is 0 Å². The number of piperidine rings is 2. The van der Waals surface area contributed by atoms with Gasteiger partial charge in [0.05, 0.1) is 14.3 Å². The van der Waals surface area contributed by atoms with Gasteiger partial charge in [0.2, 0.25) is 0 Å². The van der Waals surface area contributed by atoms with Crippen LogP contribution in [0.1, 0.15) is 62.5 Å². The van der Waals surface area contributed by atoms with Gasteiger partial charge in [-0.25, -0.2) is 9.03 Å². The molecule has 1 aromatic heterocycles. The van der Waals surface area contributed by atoms with Crippen molar-refractivity contribution in [3.8, 4) is 0 Å². The first-order valence-corrected chi connectivity index (χ1v) is 20.3. The lowest BCUT2D eigenvalue weighted by Crippen LogP contribution is -2.47. The highest BCUT2D eigenvalue weighted by atomic mass is 79.9. The number of aliphatic imine (C=N–C) groups is 1. The van der Waals surface area contributed by atoms with Gasteiger partial charge in [0.1, 0.15) is 16.5 Å². The number of likely N-dealkylation sites (tertiary alicyclic amines) is 1. The van der Waals surface area contributed by atoms with Crippen LogP contribution in [0.15, 0.2) is 44.0 Å². The Hall–Kier alpha value is -0.110. The summed E-state index contributed by atoms with van der Waals surface area (Å²) in [5.41, 5.74) is 2.18. The predicted octanol–water partition coefficient (Wildman–Crippen LogP) is 8.94. The first-order chi connectivity index (χ1) is 21.2. The number of alkyl halides is 1. The predicted molar refractivity (Wildman–Crippen MR) is 196 cm³/mol. The van der Waals surface area contributed by atoms with Crippen LogP contribution < -0.4 is 4.72 Å². The Balaban J connectivity index is 0.969. The highest BCUT2D eigenvalue weighted by molar-refractivity contribution is 9.10. The average Bonchev–Trinajstić information content (AvgIpc) is 3.32. The van der Waals surface area contributed by atoms with Crippen LogP contribution in [-0.2, 0) is 11.2 Å². The minimum Gasteiger partial charge on any atom is -0.480 e. The second-order valence-electron chi connectivity index (χ2n) is 12.4. The number of halogens is 3. The van der Waals surface area contributed by atoms with E-state index in [1.807, 2.05) is 43.3 Å². The number of rotatable bonds is 13. The minimum absolute atomic E-state index is 0.148. The molecule has 2 fully saturated rings. The van der Waals surface area contributed by atoms with Gasteiger partial charge in [-0.15, -0.1) is 11.3 Å². The summed E-state index contributed by atoms with van der Waals surface area (Å²) in [5.74, 6) is 0.876. The maximum absolute atomic E-state index is 11.9. The number of hydrogen-bond donors (Lipinski definition) is 2. The van der Waals surface area contributed by atoms with Crippen molar-refractivity contribution < 1.29 is 9.90 Å². The molecule has 0 saturated carbocycles. The molecule has 0 aliphatic carbocycles. The fourth-order valence-corrected chi connectivity index (χ4v) is 11.8. The minimum atomic E-state index is -0.822. The van der Waals surface area contributed by atoms with Gasteiger partial charge in [0.15, 0.2) is 0 Å². The lowest BCUT2D eigenvalue weighted by atomic mass is 9.87. The number of nitrogens with one attached hydrogen (secondary N) is 1. The summed E-state index contributed by atoms with van der Waals surface area (Å²) >= 11 is 18.7. The largest absolute Gasteiger partial charge is 0.480 e. The molecule has 4 atom stereocenters. The summed E-state index contributed by atoms with van der Waals surface area (Å²) in [7, 11) is 0. The third-order valence-corrected chi connectivity index (χ3v) is 14.6. The molecule has 4 unspecified atom stereocenters. The second kappa shape index (κ2) is 17.3. The molecule has 0 amide bonds. The molecule has 0 radical (unpaired) electrons. The van der Waals surface area contributed by atoms with Crippen molar-refractivity contribution in [2.24, 2.45) is 16.8 Å². The highest BCUT2D eigenvalue weighted by Crippen LogP contribution is 2.40. The molecule has 0 spiro atoms. The molecular formula is C32H43Br2ClN4O2S3. The van der Waals surface area contributed by atoms with Crippen molar-refractivity contribution in [2.45, 2.75) is 91.2 Å². The number of benzene rings is 1. The Morgan fingerprint density at radius 2 is 1.86 bits per heavy atom. The van der Waals surface area contributed by atoms with E-state index in [2.05, 4.69) is 57.9 Å². The van der Waals surface area contributed by atoms with Crippen molar-refractivity contribution in [2.75, 3.05) is 26.2 Å². The number of carbonyl (C=O) groups is 1. The van der Waals surface area contributed by atoms with Gasteiger partial charge in [-0.3, -0.25) is 14.7 Å². The second-order valence-corrected chi connectivity index (χ2v) is 18.5. The fraction of sp³-hybridized carbons (Fsp3) is 0.625. The van der Waals surface area contributed by atoms with Gasteiger partial charge < -0.3 is 5.11 Å². The van der Waals surface area contributed by atoms with Gasteiger partial charge in [-0.05, 0) is 96.8 Å². The summed E-state index contributed by atoms with van der Waals surface area (Å²) in [5, 5.41) is 9.92. The summed E-state index contributed by atoms with van der Waals surface area (Å²) in [4.78, 5) is 19.7. The zero-order valence-corrected chi connectivity index (χ0v) is 31.6. The molecule has 2 N–H and O–H groups in total. The maximum atomic E-state index is 11.9. The quantitative estimate of drug-likeness (QED) is 0.155. The Bertz CT molecular complexity index is 1230. The molecule has 12 heteroatoms. The standard InChI is InChI=1S/C32H43Br2ClN4O2S3/c1-21-4-2-7-24(16-21)17-28(32(40)41)37-43-25-18-27(34)31(36-20-25)38-12-8-22(9-13-38)5-3-6-23-10-14-39(15-11-23)44-29-19-26(33)30(35)42-29/h2,4,7,16,19-20,22-23,25,27-28,31,37H,3,5-6,8-15,17-18H2,1H3,(H,40,41). The summed E-state index contributed by atoms with van der Waals surface area (Å²) in [6.45, 7) is 6.59. The van der Waals surface area contributed by atoms with Crippen LogP contribution in [0.3, 0.4) is 0 Å². The molecule has 242 valence electrons. The smallest absolute Gasteiger partial charge is 0.321 e. The van der Waals surface area contributed by atoms with E-state index in [-0.39, 0.29) is 16.2 Å². The van der Waals surface area contributed by atoms with Crippen molar-refractivity contribution in [3.63, 3.8) is 0 Å². The van der Waals surface area contributed by atoms with Crippen molar-refractivity contribution in [1.82, 2.24) is 13.9 Å². The molecule has 1 aromatic carbocycles. The van der Waals surface area contributed by atoms with Crippen LogP contribution >= 0.6 is 78.7 Å². The first-order valence-electron chi connectivity index (χ1n) is 15.7. The first kappa shape index (κ1) is 35.2. The van der Waals surface area contributed by atoms with Crippen molar-refractivity contribution in [3.05, 3.63) is 50.3 Å². The molecule has 3 aliphatic rings. The third kappa shape index (κ3) is 10.4. The average molecular weight is 807 g/mol. The molecule has 0 bridgehead atoms. The maximum Gasteiger partial charge on any atom is 0.321 e. The number of hydrogen-bond acceptors (Lipinski definition) is 8. The fourth-order valence-electron chi connectivity index (χ4n) is 6.50. The van der Waals surface area contributed by atoms with E-state index in [1.165, 1.54) is 74.2 Å². The van der Waals surface area contributed by atoms with E-state index in [0.29, 0.717) is 6.42 Å². The van der Waals surface area contributed by atoms with E-state index in [4.69, 9.17) is 16.6 Å². The normalized spacial score (nSPS) is 25.0. The molecule has 5 rings (SSSR count). The zero-order valence-electron chi connectivity index (χ0n) is 25.2. The third-order valence-electron chi connectivity index (χ3n) is 9.03. The van der Waals surface area contributed by atoms with E-state index < -0.39 is 12.0 Å². The molecular weight excluding hydrogens is 764 g/mol. The summed E-state index contributed by atoms with van der Waals surface area (Å²) in [6.07, 6.45) is 12.8. The highest BCUT2D eigenvalue weighted by Gasteiger charge is 2.33.